The number of nitrogens with two attached hydrogens (primary N) is 1. The predicted molar refractivity (Wildman–Crippen MR) is 89.6 cm³/mol. The lowest BCUT2D eigenvalue weighted by Crippen LogP contribution is -2.28. The van der Waals surface area contributed by atoms with Crippen LogP contribution in [0.1, 0.15) is 41.2 Å². The molecule has 1 rings (SSSR count). The van der Waals surface area contributed by atoms with Crippen LogP contribution in [-0.4, -0.2) is 43.5 Å². The van der Waals surface area contributed by atoms with Crippen LogP contribution in [0, 0.1) is 11.8 Å². The maximum absolute atomic E-state index is 12.0. The van der Waals surface area contributed by atoms with Gasteiger partial charge in [-0.05, 0) is 52.4 Å². The third-order valence-corrected chi connectivity index (χ3v) is 4.25. The molecule has 0 spiro atoms. The average Bonchev–Trinajstić information content (AvgIpc) is 2.93. The van der Waals surface area contributed by atoms with Gasteiger partial charge in [-0.15, -0.1) is 11.3 Å². The van der Waals surface area contributed by atoms with Crippen LogP contribution in [0.4, 0.5) is 0 Å². The Bertz CT molecular complexity index is 499. The van der Waals surface area contributed by atoms with E-state index in [9.17, 15) is 4.79 Å². The largest absolute Gasteiger partial charge is 0.351 e. The maximum Gasteiger partial charge on any atom is 0.261 e. The molecule has 0 atom stereocenters. The third-order valence-electron chi connectivity index (χ3n) is 3.25. The molecule has 0 aliphatic rings. The summed E-state index contributed by atoms with van der Waals surface area (Å²) in [7, 11) is 2.12. The van der Waals surface area contributed by atoms with E-state index in [1.807, 2.05) is 12.1 Å². The van der Waals surface area contributed by atoms with Gasteiger partial charge in [-0.3, -0.25) is 4.79 Å². The van der Waals surface area contributed by atoms with E-state index in [1.165, 1.54) is 11.3 Å². The molecule has 21 heavy (non-hydrogen) atoms. The number of thiophene rings is 1. The van der Waals surface area contributed by atoms with Crippen molar-refractivity contribution in [3.8, 4) is 11.8 Å². The van der Waals surface area contributed by atoms with Crippen LogP contribution in [0.2, 0.25) is 0 Å². The Morgan fingerprint density at radius 3 is 2.86 bits per heavy atom. The number of nitrogens with one attached hydrogen (secondary N) is 1. The van der Waals surface area contributed by atoms with Gasteiger partial charge in [0.05, 0.1) is 16.3 Å². The van der Waals surface area contributed by atoms with E-state index in [-0.39, 0.29) is 5.91 Å². The van der Waals surface area contributed by atoms with Gasteiger partial charge in [0, 0.05) is 12.6 Å². The maximum atomic E-state index is 12.0. The summed E-state index contributed by atoms with van der Waals surface area (Å²) >= 11 is 1.40. The van der Waals surface area contributed by atoms with Crippen LogP contribution in [0.25, 0.3) is 0 Å². The topological polar surface area (TPSA) is 58.4 Å². The van der Waals surface area contributed by atoms with Crippen LogP contribution < -0.4 is 11.1 Å². The second kappa shape index (κ2) is 9.56. The zero-order valence-corrected chi connectivity index (χ0v) is 13.9. The van der Waals surface area contributed by atoms with E-state index < -0.39 is 0 Å². The molecule has 0 aliphatic heterocycles. The van der Waals surface area contributed by atoms with Crippen molar-refractivity contribution in [1.82, 2.24) is 10.2 Å². The first kappa shape index (κ1) is 17.7. The number of hydrogen-bond acceptors (Lipinski definition) is 4. The van der Waals surface area contributed by atoms with Gasteiger partial charge in [-0.2, -0.15) is 0 Å². The molecular weight excluding hydrogens is 282 g/mol. The lowest BCUT2D eigenvalue weighted by Gasteiger charge is -2.20. The summed E-state index contributed by atoms with van der Waals surface area (Å²) in [5.41, 5.74) is 5.33. The SMILES string of the molecule is CC(C)N(C)CCCCNC(=O)c1ccc(C#CCN)s1. The molecule has 1 heterocycles. The van der Waals surface area contributed by atoms with Crippen molar-refractivity contribution in [3.63, 3.8) is 0 Å². The van der Waals surface area contributed by atoms with Gasteiger partial charge in [-0.25, -0.2) is 0 Å². The van der Waals surface area contributed by atoms with E-state index >= 15 is 0 Å². The highest BCUT2D eigenvalue weighted by atomic mass is 32.1. The second-order valence-corrected chi connectivity index (χ2v) is 6.29. The minimum atomic E-state index is -0.0157. The summed E-state index contributed by atoms with van der Waals surface area (Å²) in [6, 6.07) is 4.24. The van der Waals surface area contributed by atoms with Crippen LogP contribution in [0.5, 0.6) is 0 Å². The standard InChI is InChI=1S/C16H25N3OS/c1-13(2)19(3)12-5-4-11-18-16(20)15-9-8-14(21-15)7-6-10-17/h8-9,13H,4-5,10-12,17H2,1-3H3,(H,18,20). The Kier molecular flexibility index (Phi) is 8.06. The summed E-state index contributed by atoms with van der Waals surface area (Å²) in [5, 5.41) is 2.95. The summed E-state index contributed by atoms with van der Waals surface area (Å²) in [4.78, 5) is 15.8. The fourth-order valence-corrected chi connectivity index (χ4v) is 2.50. The molecule has 3 N–H and O–H groups in total. The first-order valence-electron chi connectivity index (χ1n) is 7.31. The zero-order valence-electron chi connectivity index (χ0n) is 13.1. The molecule has 1 aromatic heterocycles. The number of amides is 1. The lowest BCUT2D eigenvalue weighted by atomic mass is 10.2. The molecule has 1 aromatic rings. The molecule has 0 aromatic carbocycles. The molecule has 4 nitrogen and oxygen atoms in total. The average molecular weight is 307 g/mol. The highest BCUT2D eigenvalue weighted by Crippen LogP contribution is 2.15. The summed E-state index contributed by atoms with van der Waals surface area (Å²) in [6.45, 7) is 6.48. The van der Waals surface area contributed by atoms with Gasteiger partial charge >= 0.3 is 0 Å². The number of rotatable bonds is 7. The van der Waals surface area contributed by atoms with Gasteiger partial charge in [0.1, 0.15) is 0 Å². The minimum Gasteiger partial charge on any atom is -0.351 e. The van der Waals surface area contributed by atoms with Crippen LogP contribution in [0.15, 0.2) is 12.1 Å². The van der Waals surface area contributed by atoms with E-state index in [4.69, 9.17) is 5.73 Å². The fraction of sp³-hybridized carbons (Fsp3) is 0.562. The first-order valence-corrected chi connectivity index (χ1v) is 8.13. The molecule has 0 aliphatic carbocycles. The third kappa shape index (κ3) is 6.76. The Labute approximate surface area is 131 Å². The van der Waals surface area contributed by atoms with Crippen molar-refractivity contribution in [2.75, 3.05) is 26.7 Å². The smallest absolute Gasteiger partial charge is 0.261 e. The molecule has 0 radical (unpaired) electrons. The summed E-state index contributed by atoms with van der Waals surface area (Å²) in [5.74, 6) is 5.71. The van der Waals surface area contributed by atoms with Crippen molar-refractivity contribution < 1.29 is 4.79 Å². The Morgan fingerprint density at radius 2 is 2.19 bits per heavy atom. The quantitative estimate of drug-likeness (QED) is 0.597. The van der Waals surface area contributed by atoms with E-state index in [0.29, 0.717) is 24.0 Å². The van der Waals surface area contributed by atoms with Crippen molar-refractivity contribution in [2.24, 2.45) is 5.73 Å². The van der Waals surface area contributed by atoms with Gasteiger partial charge in [-0.1, -0.05) is 11.8 Å². The van der Waals surface area contributed by atoms with Crippen molar-refractivity contribution in [2.45, 2.75) is 32.7 Å². The van der Waals surface area contributed by atoms with E-state index in [0.717, 1.165) is 24.3 Å². The van der Waals surface area contributed by atoms with E-state index in [1.54, 1.807) is 0 Å². The van der Waals surface area contributed by atoms with Crippen LogP contribution in [-0.2, 0) is 0 Å². The molecule has 0 saturated carbocycles. The number of carbonyl (C=O) groups excluding carboxylic acids is 1. The molecule has 0 bridgehead atoms. The van der Waals surface area contributed by atoms with Gasteiger partial charge in [0.25, 0.3) is 5.91 Å². The molecule has 0 fully saturated rings. The highest BCUT2D eigenvalue weighted by Gasteiger charge is 2.08. The molecule has 1 amide bonds. The number of nitrogens with zero attached hydrogens (tertiary/aromatic N) is 1. The Hall–Kier alpha value is -1.35. The minimum absolute atomic E-state index is 0.0157. The lowest BCUT2D eigenvalue weighted by molar-refractivity contribution is 0.0956. The Balaban J connectivity index is 2.26. The summed E-state index contributed by atoms with van der Waals surface area (Å²) in [6.07, 6.45) is 2.08. The van der Waals surface area contributed by atoms with Crippen molar-refractivity contribution >= 4 is 17.2 Å². The molecule has 116 valence electrons. The molecule has 5 heteroatoms. The molecule has 0 saturated heterocycles. The highest BCUT2D eigenvalue weighted by molar-refractivity contribution is 7.14. The molecular formula is C16H25N3OS. The van der Waals surface area contributed by atoms with Crippen LogP contribution in [0.3, 0.4) is 0 Å². The molecule has 0 unspecified atom stereocenters. The summed E-state index contributed by atoms with van der Waals surface area (Å²) < 4.78 is 0. The second-order valence-electron chi connectivity index (χ2n) is 5.21. The zero-order chi connectivity index (χ0) is 15.7. The Morgan fingerprint density at radius 1 is 1.43 bits per heavy atom. The first-order chi connectivity index (χ1) is 10.0. The number of unbranched alkanes of at least 4 members (excludes halogenated alkanes) is 1. The van der Waals surface area contributed by atoms with Crippen LogP contribution >= 0.6 is 11.3 Å². The predicted octanol–water partition coefficient (Wildman–Crippen LogP) is 1.91. The fourth-order valence-electron chi connectivity index (χ4n) is 1.70. The van der Waals surface area contributed by atoms with Crippen molar-refractivity contribution in [1.29, 1.82) is 0 Å². The monoisotopic (exact) mass is 307 g/mol. The number of carbonyl (C=O) groups is 1. The van der Waals surface area contributed by atoms with Gasteiger partial charge < -0.3 is 16.0 Å². The van der Waals surface area contributed by atoms with E-state index in [2.05, 4.69) is 43.0 Å². The van der Waals surface area contributed by atoms with Crippen molar-refractivity contribution in [3.05, 3.63) is 21.9 Å². The number of hydrogen-bond donors (Lipinski definition) is 2. The van der Waals surface area contributed by atoms with Gasteiger partial charge in [0.2, 0.25) is 0 Å². The van der Waals surface area contributed by atoms with Gasteiger partial charge in [0.15, 0.2) is 0 Å². The normalized spacial score (nSPS) is 10.6.